The zero-order valence-corrected chi connectivity index (χ0v) is 21.2. The van der Waals surface area contributed by atoms with Crippen molar-refractivity contribution in [2.75, 3.05) is 6.61 Å². The molecule has 1 aromatic carbocycles. The third kappa shape index (κ3) is 6.69. The second kappa shape index (κ2) is 11.5. The lowest BCUT2D eigenvalue weighted by Gasteiger charge is -2.25. The van der Waals surface area contributed by atoms with Crippen LogP contribution >= 0.6 is 7.75 Å². The van der Waals surface area contributed by atoms with Gasteiger partial charge in [0.2, 0.25) is 0 Å². The fraction of sp³-hybridized carbons (Fsp3) is 0.500. The molecule has 198 valence electrons. The molecule has 0 amide bonds. The minimum absolute atomic E-state index is 0.204. The van der Waals surface area contributed by atoms with Crippen molar-refractivity contribution in [2.24, 2.45) is 5.73 Å². The van der Waals surface area contributed by atoms with Gasteiger partial charge in [-0.1, -0.05) is 18.2 Å². The summed E-state index contributed by atoms with van der Waals surface area (Å²) >= 11 is 0. The SMILES string of the molecule is Cc1cn([C@@H]2O[C@H](CO[P@](=O)(N[C@H](C)C(=O)OC(C)C)Oc3ccccc3)[C@@H](O)[C@H]2N)c(=O)[nH]c1=O. The molecule has 1 aliphatic heterocycles. The smallest absolute Gasteiger partial charge is 0.459 e. The molecule has 1 aromatic heterocycles. The standard InChI is InChI=1S/C22H31N4O9P/c1-12(2)33-21(29)14(4)25-36(31,35-15-8-6-5-7-9-15)32-11-16-18(27)17(23)20(34-16)26-10-13(3)19(28)24-22(26)30/h5-10,12,14,16-18,20,27H,11,23H2,1-4H3,(H,25,31)(H,24,28,30)/t14-,16-,17-,18-,20-,36-/m1/s1. The Balaban J connectivity index is 1.77. The number of benzene rings is 1. The van der Waals surface area contributed by atoms with Crippen molar-refractivity contribution in [3.8, 4) is 5.75 Å². The molecule has 3 rings (SSSR count). The highest BCUT2D eigenvalue weighted by atomic mass is 31.2. The highest BCUT2D eigenvalue weighted by molar-refractivity contribution is 7.52. The quantitative estimate of drug-likeness (QED) is 0.251. The van der Waals surface area contributed by atoms with Crippen molar-refractivity contribution in [1.29, 1.82) is 0 Å². The maximum Gasteiger partial charge on any atom is 0.459 e. The first-order valence-electron chi connectivity index (χ1n) is 11.3. The summed E-state index contributed by atoms with van der Waals surface area (Å²) in [5, 5.41) is 13.2. The minimum atomic E-state index is -4.21. The molecule has 0 bridgehead atoms. The summed E-state index contributed by atoms with van der Waals surface area (Å²) in [5.41, 5.74) is 4.99. The lowest BCUT2D eigenvalue weighted by atomic mass is 10.1. The number of para-hydroxylation sites is 1. The number of aryl methyl sites for hydroxylation is 1. The van der Waals surface area contributed by atoms with Crippen LogP contribution in [0.2, 0.25) is 0 Å². The van der Waals surface area contributed by atoms with Gasteiger partial charge in [-0.05, 0) is 39.8 Å². The van der Waals surface area contributed by atoms with E-state index in [4.69, 9.17) is 24.3 Å². The van der Waals surface area contributed by atoms with Gasteiger partial charge in [-0.15, -0.1) is 0 Å². The van der Waals surface area contributed by atoms with E-state index in [1.807, 2.05) is 0 Å². The van der Waals surface area contributed by atoms with E-state index in [0.29, 0.717) is 0 Å². The normalized spacial score (nSPS) is 24.3. The molecule has 1 saturated heterocycles. The summed E-state index contributed by atoms with van der Waals surface area (Å²) in [7, 11) is -4.21. The number of aromatic amines is 1. The molecule has 0 unspecified atom stereocenters. The van der Waals surface area contributed by atoms with Crippen molar-refractivity contribution >= 4 is 13.7 Å². The maximum absolute atomic E-state index is 13.6. The zero-order chi connectivity index (χ0) is 26.6. The number of carbonyl (C=O) groups is 1. The van der Waals surface area contributed by atoms with Crippen LogP contribution in [0.25, 0.3) is 0 Å². The number of nitrogens with one attached hydrogen (secondary N) is 2. The Morgan fingerprint density at radius 1 is 1.28 bits per heavy atom. The average molecular weight is 526 g/mol. The van der Waals surface area contributed by atoms with Crippen molar-refractivity contribution < 1.29 is 33.0 Å². The van der Waals surface area contributed by atoms with E-state index in [0.717, 1.165) is 4.57 Å². The molecule has 6 atom stereocenters. The molecular weight excluding hydrogens is 495 g/mol. The van der Waals surface area contributed by atoms with Crippen LogP contribution in [0.15, 0.2) is 46.1 Å². The predicted molar refractivity (Wildman–Crippen MR) is 128 cm³/mol. The molecule has 13 nitrogen and oxygen atoms in total. The summed E-state index contributed by atoms with van der Waals surface area (Å²) in [6.07, 6.45) is -2.68. The van der Waals surface area contributed by atoms with E-state index in [1.165, 1.54) is 20.0 Å². The van der Waals surface area contributed by atoms with Gasteiger partial charge in [0.1, 0.15) is 24.0 Å². The van der Waals surface area contributed by atoms with Gasteiger partial charge < -0.3 is 24.8 Å². The lowest BCUT2D eigenvalue weighted by molar-refractivity contribution is -0.149. The van der Waals surface area contributed by atoms with Gasteiger partial charge in [-0.3, -0.25) is 23.7 Å². The number of hydrogen-bond donors (Lipinski definition) is 4. The topological polar surface area (TPSA) is 184 Å². The Morgan fingerprint density at radius 2 is 1.94 bits per heavy atom. The second-order valence-corrected chi connectivity index (χ2v) is 10.3. The maximum atomic E-state index is 13.6. The number of nitrogens with zero attached hydrogens (tertiary/aromatic N) is 1. The molecule has 1 fully saturated rings. The molecule has 2 heterocycles. The molecule has 0 saturated carbocycles. The Labute approximate surface area is 207 Å². The first-order valence-corrected chi connectivity index (χ1v) is 12.8. The fourth-order valence-corrected chi connectivity index (χ4v) is 4.94. The number of ether oxygens (including phenoxy) is 2. The summed E-state index contributed by atoms with van der Waals surface area (Å²) in [4.78, 5) is 38.4. The van der Waals surface area contributed by atoms with E-state index >= 15 is 0 Å². The largest absolute Gasteiger partial charge is 0.462 e. The number of carbonyl (C=O) groups excluding carboxylic acids is 1. The number of hydrogen-bond acceptors (Lipinski definition) is 10. The lowest BCUT2D eigenvalue weighted by Crippen LogP contribution is -2.43. The highest BCUT2D eigenvalue weighted by Gasteiger charge is 2.45. The number of H-pyrrole nitrogens is 1. The molecule has 14 heteroatoms. The summed E-state index contributed by atoms with van der Waals surface area (Å²) < 4.78 is 36.6. The first-order chi connectivity index (χ1) is 16.9. The number of rotatable bonds is 10. The van der Waals surface area contributed by atoms with Crippen LogP contribution in [0, 0.1) is 6.92 Å². The molecule has 0 aliphatic carbocycles. The van der Waals surface area contributed by atoms with E-state index in [9.17, 15) is 24.1 Å². The molecule has 1 aliphatic rings. The van der Waals surface area contributed by atoms with E-state index in [-0.39, 0.29) is 11.3 Å². The van der Waals surface area contributed by atoms with Crippen molar-refractivity contribution in [3.05, 3.63) is 62.9 Å². The third-order valence-corrected chi connectivity index (χ3v) is 6.92. The Bertz CT molecular complexity index is 1220. The molecule has 2 aromatic rings. The molecule has 5 N–H and O–H groups in total. The average Bonchev–Trinajstić information content (AvgIpc) is 3.08. The number of aliphatic hydroxyl groups excluding tert-OH is 1. The number of nitrogens with two attached hydrogens (primary N) is 1. The van der Waals surface area contributed by atoms with Gasteiger partial charge in [0.05, 0.1) is 18.8 Å². The summed E-state index contributed by atoms with van der Waals surface area (Å²) in [6.45, 7) is 5.82. The van der Waals surface area contributed by atoms with Gasteiger partial charge in [-0.2, -0.15) is 5.09 Å². The van der Waals surface area contributed by atoms with Crippen molar-refractivity contribution in [1.82, 2.24) is 14.6 Å². The van der Waals surface area contributed by atoms with Gasteiger partial charge in [-0.25, -0.2) is 9.36 Å². The zero-order valence-electron chi connectivity index (χ0n) is 20.3. The fourth-order valence-electron chi connectivity index (χ4n) is 3.44. The van der Waals surface area contributed by atoms with Crippen molar-refractivity contribution in [3.63, 3.8) is 0 Å². The Morgan fingerprint density at radius 3 is 2.58 bits per heavy atom. The van der Waals surface area contributed by atoms with E-state index in [2.05, 4.69) is 10.1 Å². The van der Waals surface area contributed by atoms with Gasteiger partial charge >= 0.3 is 19.4 Å². The van der Waals surface area contributed by atoms with Crippen LogP contribution in [0.4, 0.5) is 0 Å². The molecule has 36 heavy (non-hydrogen) atoms. The second-order valence-electron chi connectivity index (χ2n) is 8.65. The molecule has 0 spiro atoms. The van der Waals surface area contributed by atoms with Gasteiger partial charge in [0.25, 0.3) is 5.56 Å². The van der Waals surface area contributed by atoms with Crippen LogP contribution in [-0.2, 0) is 23.4 Å². The van der Waals surface area contributed by atoms with Gasteiger partial charge in [0.15, 0.2) is 6.23 Å². The van der Waals surface area contributed by atoms with Crippen LogP contribution in [0.3, 0.4) is 0 Å². The minimum Gasteiger partial charge on any atom is -0.462 e. The monoisotopic (exact) mass is 526 g/mol. The Kier molecular flexibility index (Phi) is 8.88. The Hall–Kier alpha value is -2.80. The van der Waals surface area contributed by atoms with Crippen molar-refractivity contribution in [2.45, 2.75) is 64.3 Å². The van der Waals surface area contributed by atoms with Crippen LogP contribution < -0.4 is 26.6 Å². The van der Waals surface area contributed by atoms with E-state index in [1.54, 1.807) is 44.2 Å². The summed E-state index contributed by atoms with van der Waals surface area (Å²) in [5.74, 6) is -0.465. The molecule has 0 radical (unpaired) electrons. The predicted octanol–water partition coefficient (Wildman–Crippen LogP) is 0.564. The molecular formula is C22H31N4O9P. The highest BCUT2D eigenvalue weighted by Crippen LogP contribution is 2.45. The number of aromatic nitrogens is 2. The summed E-state index contributed by atoms with van der Waals surface area (Å²) in [6, 6.07) is 6.03. The van der Waals surface area contributed by atoms with Gasteiger partial charge in [0, 0.05) is 11.8 Å². The first kappa shape index (κ1) is 27.8. The van der Waals surface area contributed by atoms with E-state index < -0.39 is 68.2 Å². The number of esters is 1. The van der Waals surface area contributed by atoms with Crippen LogP contribution in [-0.4, -0.2) is 57.6 Å². The van der Waals surface area contributed by atoms with Crippen LogP contribution in [0.1, 0.15) is 32.6 Å². The number of aliphatic hydroxyl groups is 1. The third-order valence-electron chi connectivity index (χ3n) is 5.27. The van der Waals surface area contributed by atoms with Crippen LogP contribution in [0.5, 0.6) is 5.75 Å².